The Hall–Kier alpha value is -1.26. The summed E-state index contributed by atoms with van der Waals surface area (Å²) in [5.41, 5.74) is 0.380. The molecule has 2 fully saturated rings. The first-order chi connectivity index (χ1) is 12.6. The molecule has 3 rings (SSSR count). The molecule has 5 heteroatoms. The number of hydrogen-bond acceptors (Lipinski definition) is 3. The van der Waals surface area contributed by atoms with Crippen molar-refractivity contribution in [3.63, 3.8) is 0 Å². The molecule has 0 spiro atoms. The molecule has 4 nitrogen and oxygen atoms in total. The van der Waals surface area contributed by atoms with Crippen molar-refractivity contribution < 1.29 is 14.6 Å². The standard InChI is InChI=1S/C21H30ClNO3/c22-16-10-11-17(18(24)14-16)23-21(25)20-13-12-19(26-20)15-8-6-4-2-1-3-5-7-9-15/h10-11,14-15,19-20,24H,1-9,12-13H2,(H,23,25). The van der Waals surface area contributed by atoms with Crippen LogP contribution in [0.2, 0.25) is 5.02 Å². The number of hydrogen-bond donors (Lipinski definition) is 2. The van der Waals surface area contributed by atoms with E-state index in [1.807, 2.05) is 0 Å². The number of phenols is 1. The monoisotopic (exact) mass is 379 g/mol. The van der Waals surface area contributed by atoms with E-state index in [4.69, 9.17) is 16.3 Å². The van der Waals surface area contributed by atoms with Crippen LogP contribution in [0, 0.1) is 5.92 Å². The number of phenolic OH excluding ortho intramolecular Hbond substituents is 1. The Balaban J connectivity index is 1.53. The second-order valence-corrected chi connectivity index (χ2v) is 8.14. The van der Waals surface area contributed by atoms with E-state index in [-0.39, 0.29) is 17.8 Å². The minimum atomic E-state index is -0.425. The number of rotatable bonds is 3. The number of anilines is 1. The van der Waals surface area contributed by atoms with Gasteiger partial charge in [-0.05, 0) is 43.7 Å². The van der Waals surface area contributed by atoms with Gasteiger partial charge < -0.3 is 15.2 Å². The Bertz CT molecular complexity index is 597. The summed E-state index contributed by atoms with van der Waals surface area (Å²) in [5.74, 6) is 0.382. The van der Waals surface area contributed by atoms with Crippen molar-refractivity contribution in [3.8, 4) is 5.75 Å². The van der Waals surface area contributed by atoms with Gasteiger partial charge >= 0.3 is 0 Å². The van der Waals surface area contributed by atoms with Crippen molar-refractivity contribution >= 4 is 23.2 Å². The molecule has 0 bridgehead atoms. The van der Waals surface area contributed by atoms with Gasteiger partial charge in [0.05, 0.1) is 11.8 Å². The van der Waals surface area contributed by atoms with E-state index in [1.165, 1.54) is 63.9 Å². The molecular formula is C21H30ClNO3. The molecule has 1 aromatic rings. The molecule has 1 aliphatic heterocycles. The highest BCUT2D eigenvalue weighted by Gasteiger charge is 2.35. The van der Waals surface area contributed by atoms with E-state index in [0.717, 1.165) is 12.8 Å². The van der Waals surface area contributed by atoms with Crippen LogP contribution in [0.25, 0.3) is 0 Å². The van der Waals surface area contributed by atoms with E-state index < -0.39 is 6.10 Å². The maximum Gasteiger partial charge on any atom is 0.253 e. The summed E-state index contributed by atoms with van der Waals surface area (Å²) in [4.78, 5) is 12.5. The molecule has 0 aromatic heterocycles. The van der Waals surface area contributed by atoms with Crippen molar-refractivity contribution in [1.82, 2.24) is 0 Å². The second-order valence-electron chi connectivity index (χ2n) is 7.70. The fraction of sp³-hybridized carbons (Fsp3) is 0.667. The van der Waals surface area contributed by atoms with Gasteiger partial charge in [0.2, 0.25) is 0 Å². The van der Waals surface area contributed by atoms with Gasteiger partial charge in [-0.15, -0.1) is 0 Å². The fourth-order valence-corrected chi connectivity index (χ4v) is 4.41. The summed E-state index contributed by atoms with van der Waals surface area (Å²) in [6, 6.07) is 4.69. The van der Waals surface area contributed by atoms with Crippen LogP contribution in [0.3, 0.4) is 0 Å². The summed E-state index contributed by atoms with van der Waals surface area (Å²) in [5, 5.41) is 13.1. The number of ether oxygens (including phenoxy) is 1. The molecule has 2 atom stereocenters. The predicted octanol–water partition coefficient (Wildman–Crippen LogP) is 5.67. The Morgan fingerprint density at radius 1 is 1.00 bits per heavy atom. The largest absolute Gasteiger partial charge is 0.506 e. The third kappa shape index (κ3) is 5.37. The summed E-state index contributed by atoms with van der Waals surface area (Å²) >= 11 is 5.84. The zero-order chi connectivity index (χ0) is 18.4. The maximum absolute atomic E-state index is 12.5. The number of amides is 1. The van der Waals surface area contributed by atoms with Crippen LogP contribution in [0.15, 0.2) is 18.2 Å². The van der Waals surface area contributed by atoms with Crippen LogP contribution in [0.4, 0.5) is 5.69 Å². The van der Waals surface area contributed by atoms with Crippen LogP contribution < -0.4 is 5.32 Å². The smallest absolute Gasteiger partial charge is 0.253 e. The SMILES string of the molecule is O=C(Nc1ccc(Cl)cc1O)C1CCC(C2CCCCCCCCC2)O1. The van der Waals surface area contributed by atoms with Gasteiger partial charge in [-0.2, -0.15) is 0 Å². The molecule has 0 radical (unpaired) electrons. The summed E-state index contributed by atoms with van der Waals surface area (Å²) < 4.78 is 6.15. The molecule has 2 unspecified atom stereocenters. The minimum absolute atomic E-state index is 0.0206. The topological polar surface area (TPSA) is 58.6 Å². The molecule has 144 valence electrons. The normalized spacial score (nSPS) is 25.7. The number of nitrogens with one attached hydrogen (secondary N) is 1. The lowest BCUT2D eigenvalue weighted by molar-refractivity contribution is -0.128. The molecule has 1 heterocycles. The van der Waals surface area contributed by atoms with Crippen LogP contribution in [0.5, 0.6) is 5.75 Å². The van der Waals surface area contributed by atoms with Gasteiger partial charge in [-0.3, -0.25) is 4.79 Å². The van der Waals surface area contributed by atoms with E-state index in [2.05, 4.69) is 5.32 Å². The van der Waals surface area contributed by atoms with Crippen molar-refractivity contribution in [2.24, 2.45) is 5.92 Å². The van der Waals surface area contributed by atoms with Crippen molar-refractivity contribution in [3.05, 3.63) is 23.2 Å². The average Bonchev–Trinajstić information content (AvgIpc) is 3.12. The molecular weight excluding hydrogens is 350 g/mol. The first-order valence-electron chi connectivity index (χ1n) is 10.1. The van der Waals surface area contributed by atoms with Gasteiger partial charge in [0, 0.05) is 11.1 Å². The Kier molecular flexibility index (Phi) is 7.21. The minimum Gasteiger partial charge on any atom is -0.506 e. The highest BCUT2D eigenvalue weighted by molar-refractivity contribution is 6.30. The highest BCUT2D eigenvalue weighted by Crippen LogP contribution is 2.34. The van der Waals surface area contributed by atoms with E-state index in [9.17, 15) is 9.90 Å². The first kappa shape index (κ1) is 19.5. The summed E-state index contributed by atoms with van der Waals surface area (Å²) in [7, 11) is 0. The molecule has 2 N–H and O–H groups in total. The van der Waals surface area contributed by atoms with E-state index in [1.54, 1.807) is 12.1 Å². The first-order valence-corrected chi connectivity index (χ1v) is 10.5. The zero-order valence-corrected chi connectivity index (χ0v) is 16.1. The molecule has 2 aliphatic rings. The molecule has 1 saturated carbocycles. The van der Waals surface area contributed by atoms with Crippen LogP contribution in [-0.2, 0) is 9.53 Å². The van der Waals surface area contributed by atoms with Crippen LogP contribution >= 0.6 is 11.6 Å². The van der Waals surface area contributed by atoms with Crippen LogP contribution in [0.1, 0.15) is 70.6 Å². The molecule has 1 aliphatic carbocycles. The van der Waals surface area contributed by atoms with Gasteiger partial charge in [-0.25, -0.2) is 0 Å². The van der Waals surface area contributed by atoms with Gasteiger partial charge in [-0.1, -0.05) is 56.5 Å². The number of aromatic hydroxyl groups is 1. The van der Waals surface area contributed by atoms with Crippen molar-refractivity contribution in [2.75, 3.05) is 5.32 Å². The molecule has 1 aromatic carbocycles. The Labute approximate surface area is 161 Å². The quantitative estimate of drug-likeness (QED) is 0.665. The molecule has 26 heavy (non-hydrogen) atoms. The Morgan fingerprint density at radius 3 is 2.31 bits per heavy atom. The molecule has 1 saturated heterocycles. The fourth-order valence-electron chi connectivity index (χ4n) is 4.24. The lowest BCUT2D eigenvalue weighted by atomic mass is 9.87. The van der Waals surface area contributed by atoms with Crippen LogP contribution in [-0.4, -0.2) is 23.2 Å². The lowest BCUT2D eigenvalue weighted by Gasteiger charge is -2.25. The average molecular weight is 380 g/mol. The maximum atomic E-state index is 12.5. The molecule has 1 amide bonds. The van der Waals surface area contributed by atoms with Crippen molar-refractivity contribution in [2.45, 2.75) is 82.8 Å². The third-order valence-electron chi connectivity index (χ3n) is 5.74. The number of benzene rings is 1. The highest BCUT2D eigenvalue weighted by atomic mass is 35.5. The van der Waals surface area contributed by atoms with Gasteiger partial charge in [0.25, 0.3) is 5.91 Å². The Morgan fingerprint density at radius 2 is 1.65 bits per heavy atom. The van der Waals surface area contributed by atoms with Crippen molar-refractivity contribution in [1.29, 1.82) is 0 Å². The number of halogens is 1. The number of carbonyl (C=O) groups excluding carboxylic acids is 1. The predicted molar refractivity (Wildman–Crippen MR) is 105 cm³/mol. The third-order valence-corrected chi connectivity index (χ3v) is 5.97. The summed E-state index contributed by atoms with van der Waals surface area (Å²) in [6.07, 6.45) is 13.2. The van der Waals surface area contributed by atoms with Gasteiger partial charge in [0.15, 0.2) is 0 Å². The van der Waals surface area contributed by atoms with E-state index in [0.29, 0.717) is 16.6 Å². The lowest BCUT2D eigenvalue weighted by Crippen LogP contribution is -2.30. The second kappa shape index (κ2) is 9.61. The number of carbonyl (C=O) groups is 1. The van der Waals surface area contributed by atoms with E-state index >= 15 is 0 Å². The summed E-state index contributed by atoms with van der Waals surface area (Å²) in [6.45, 7) is 0. The van der Waals surface area contributed by atoms with Gasteiger partial charge in [0.1, 0.15) is 11.9 Å². The zero-order valence-electron chi connectivity index (χ0n) is 15.4.